The van der Waals surface area contributed by atoms with Crippen LogP contribution in [0.2, 0.25) is 0 Å². The fourth-order valence-electron chi connectivity index (χ4n) is 1.88. The topological polar surface area (TPSA) is 58.0 Å². The van der Waals surface area contributed by atoms with Gasteiger partial charge >= 0.3 is 0 Å². The van der Waals surface area contributed by atoms with Crippen LogP contribution in [0, 0.1) is 13.8 Å². The quantitative estimate of drug-likeness (QED) is 0.872. The van der Waals surface area contributed by atoms with E-state index in [-0.39, 0.29) is 6.10 Å². The summed E-state index contributed by atoms with van der Waals surface area (Å²) in [4.78, 5) is 10.9. The van der Waals surface area contributed by atoms with E-state index in [4.69, 9.17) is 0 Å². The standard InChI is InChI=1S/C13H19N3OS/c1-4-10(17)5-6-14-12-11-8(2)9(3)18-13(11)16-7-15-12/h7,10,17H,4-6H2,1-3H3,(H,14,15,16). The van der Waals surface area contributed by atoms with Gasteiger partial charge in [-0.05, 0) is 32.3 Å². The zero-order chi connectivity index (χ0) is 13.1. The second-order valence-corrected chi connectivity index (χ2v) is 5.67. The summed E-state index contributed by atoms with van der Waals surface area (Å²) < 4.78 is 0. The highest BCUT2D eigenvalue weighted by Gasteiger charge is 2.11. The van der Waals surface area contributed by atoms with Gasteiger partial charge in [0.15, 0.2) is 0 Å². The maximum absolute atomic E-state index is 9.54. The largest absolute Gasteiger partial charge is 0.393 e. The summed E-state index contributed by atoms with van der Waals surface area (Å²) >= 11 is 1.70. The van der Waals surface area contributed by atoms with Crippen LogP contribution in [-0.2, 0) is 0 Å². The minimum absolute atomic E-state index is 0.236. The first-order valence-electron chi connectivity index (χ1n) is 6.26. The molecule has 0 aliphatic heterocycles. The first-order valence-corrected chi connectivity index (χ1v) is 7.07. The van der Waals surface area contributed by atoms with Crippen molar-refractivity contribution in [1.82, 2.24) is 9.97 Å². The van der Waals surface area contributed by atoms with Crippen molar-refractivity contribution in [2.45, 2.75) is 39.7 Å². The molecule has 2 aromatic rings. The molecule has 2 heterocycles. The van der Waals surface area contributed by atoms with Crippen molar-refractivity contribution >= 4 is 27.4 Å². The van der Waals surface area contributed by atoms with Gasteiger partial charge in [0.1, 0.15) is 17.0 Å². The molecule has 4 nitrogen and oxygen atoms in total. The molecule has 2 aromatic heterocycles. The average molecular weight is 265 g/mol. The molecule has 0 radical (unpaired) electrons. The third kappa shape index (κ3) is 2.62. The summed E-state index contributed by atoms with van der Waals surface area (Å²) in [6.45, 7) is 6.92. The fourth-order valence-corrected chi connectivity index (χ4v) is 2.87. The number of fused-ring (bicyclic) bond motifs is 1. The number of hydrogen-bond donors (Lipinski definition) is 2. The number of aromatic nitrogens is 2. The van der Waals surface area contributed by atoms with Crippen LogP contribution in [0.4, 0.5) is 5.82 Å². The van der Waals surface area contributed by atoms with E-state index >= 15 is 0 Å². The van der Waals surface area contributed by atoms with E-state index in [2.05, 4.69) is 29.1 Å². The van der Waals surface area contributed by atoms with Crippen molar-refractivity contribution in [2.75, 3.05) is 11.9 Å². The minimum atomic E-state index is -0.236. The van der Waals surface area contributed by atoms with Gasteiger partial charge in [0.05, 0.1) is 11.5 Å². The summed E-state index contributed by atoms with van der Waals surface area (Å²) in [5, 5.41) is 14.0. The second kappa shape index (κ2) is 5.63. The highest BCUT2D eigenvalue weighted by molar-refractivity contribution is 7.18. The number of anilines is 1. The Balaban J connectivity index is 2.18. The predicted molar refractivity (Wildman–Crippen MR) is 76.3 cm³/mol. The average Bonchev–Trinajstić information content (AvgIpc) is 2.66. The Morgan fingerprint density at radius 2 is 2.17 bits per heavy atom. The first-order chi connectivity index (χ1) is 8.63. The summed E-state index contributed by atoms with van der Waals surface area (Å²) in [7, 11) is 0. The Hall–Kier alpha value is -1.20. The summed E-state index contributed by atoms with van der Waals surface area (Å²) in [6, 6.07) is 0. The zero-order valence-corrected chi connectivity index (χ0v) is 11.8. The number of aliphatic hydroxyl groups excluding tert-OH is 1. The molecule has 2 rings (SSSR count). The van der Waals surface area contributed by atoms with Gasteiger partial charge in [-0.15, -0.1) is 11.3 Å². The Labute approximate surface area is 111 Å². The number of aryl methyl sites for hydroxylation is 2. The molecule has 0 fully saturated rings. The number of hydrogen-bond acceptors (Lipinski definition) is 5. The third-order valence-corrected chi connectivity index (χ3v) is 4.32. The maximum atomic E-state index is 9.54. The molecule has 0 aliphatic carbocycles. The molecule has 1 atom stereocenters. The van der Waals surface area contributed by atoms with E-state index in [1.165, 1.54) is 10.4 Å². The van der Waals surface area contributed by atoms with Crippen molar-refractivity contribution < 1.29 is 5.11 Å². The Morgan fingerprint density at radius 1 is 1.39 bits per heavy atom. The number of aliphatic hydroxyl groups is 1. The van der Waals surface area contributed by atoms with Crippen LogP contribution in [0.3, 0.4) is 0 Å². The Bertz CT molecular complexity index is 538. The van der Waals surface area contributed by atoms with Crippen molar-refractivity contribution in [3.63, 3.8) is 0 Å². The van der Waals surface area contributed by atoms with Gasteiger partial charge < -0.3 is 10.4 Å². The summed E-state index contributed by atoms with van der Waals surface area (Å²) in [5.41, 5.74) is 1.24. The second-order valence-electron chi connectivity index (χ2n) is 4.46. The monoisotopic (exact) mass is 265 g/mol. The lowest BCUT2D eigenvalue weighted by molar-refractivity contribution is 0.164. The lowest BCUT2D eigenvalue weighted by Gasteiger charge is -2.10. The smallest absolute Gasteiger partial charge is 0.138 e. The Kier molecular flexibility index (Phi) is 4.14. The van der Waals surface area contributed by atoms with Gasteiger partial charge in [-0.3, -0.25) is 0 Å². The van der Waals surface area contributed by atoms with Gasteiger partial charge in [-0.25, -0.2) is 9.97 Å². The van der Waals surface area contributed by atoms with Crippen molar-refractivity contribution in [3.05, 3.63) is 16.8 Å². The minimum Gasteiger partial charge on any atom is -0.393 e. The fraction of sp³-hybridized carbons (Fsp3) is 0.538. The van der Waals surface area contributed by atoms with E-state index in [9.17, 15) is 5.11 Å². The molecule has 18 heavy (non-hydrogen) atoms. The van der Waals surface area contributed by atoms with Crippen molar-refractivity contribution in [3.8, 4) is 0 Å². The highest BCUT2D eigenvalue weighted by atomic mass is 32.1. The van der Waals surface area contributed by atoms with Gasteiger partial charge in [0.25, 0.3) is 0 Å². The lowest BCUT2D eigenvalue weighted by atomic mass is 10.2. The molecular formula is C13H19N3OS. The predicted octanol–water partition coefficient (Wildman–Crippen LogP) is 2.88. The van der Waals surface area contributed by atoms with Gasteiger partial charge in [-0.2, -0.15) is 0 Å². The van der Waals surface area contributed by atoms with Crippen LogP contribution in [-0.4, -0.2) is 27.7 Å². The number of nitrogens with zero attached hydrogens (tertiary/aromatic N) is 2. The van der Waals surface area contributed by atoms with Crippen molar-refractivity contribution in [1.29, 1.82) is 0 Å². The third-order valence-electron chi connectivity index (χ3n) is 3.21. The molecule has 0 saturated heterocycles. The van der Waals surface area contributed by atoms with Gasteiger partial charge in [0, 0.05) is 11.4 Å². The van der Waals surface area contributed by atoms with Gasteiger partial charge in [-0.1, -0.05) is 6.92 Å². The van der Waals surface area contributed by atoms with E-state index in [0.717, 1.165) is 35.4 Å². The molecular weight excluding hydrogens is 246 g/mol. The molecule has 98 valence electrons. The number of rotatable bonds is 5. The van der Waals surface area contributed by atoms with Crippen LogP contribution >= 0.6 is 11.3 Å². The van der Waals surface area contributed by atoms with Crippen LogP contribution in [0.1, 0.15) is 30.2 Å². The van der Waals surface area contributed by atoms with Crippen LogP contribution in [0.5, 0.6) is 0 Å². The first kappa shape index (κ1) is 13.2. The normalized spacial score (nSPS) is 12.9. The van der Waals surface area contributed by atoms with E-state index in [1.807, 2.05) is 6.92 Å². The zero-order valence-electron chi connectivity index (χ0n) is 11.0. The van der Waals surface area contributed by atoms with E-state index in [1.54, 1.807) is 17.7 Å². The molecule has 0 aromatic carbocycles. The Morgan fingerprint density at radius 3 is 2.89 bits per heavy atom. The molecule has 0 aliphatic rings. The summed E-state index contributed by atoms with van der Waals surface area (Å²) in [6.07, 6.45) is 2.89. The molecule has 2 N–H and O–H groups in total. The summed E-state index contributed by atoms with van der Waals surface area (Å²) in [5.74, 6) is 0.880. The molecule has 5 heteroatoms. The number of nitrogens with one attached hydrogen (secondary N) is 1. The molecule has 1 unspecified atom stereocenters. The number of thiophene rings is 1. The van der Waals surface area contributed by atoms with Crippen molar-refractivity contribution in [2.24, 2.45) is 0 Å². The van der Waals surface area contributed by atoms with E-state index < -0.39 is 0 Å². The molecule has 0 amide bonds. The maximum Gasteiger partial charge on any atom is 0.138 e. The molecule has 0 saturated carbocycles. The highest BCUT2D eigenvalue weighted by Crippen LogP contribution is 2.32. The van der Waals surface area contributed by atoms with E-state index in [0.29, 0.717) is 0 Å². The lowest BCUT2D eigenvalue weighted by Crippen LogP contribution is -2.13. The molecule has 0 bridgehead atoms. The molecule has 0 spiro atoms. The van der Waals surface area contributed by atoms with Gasteiger partial charge in [0.2, 0.25) is 0 Å². The van der Waals surface area contributed by atoms with Crippen LogP contribution < -0.4 is 5.32 Å². The SMILES string of the molecule is CCC(O)CCNc1ncnc2sc(C)c(C)c12. The van der Waals surface area contributed by atoms with Crippen LogP contribution in [0.15, 0.2) is 6.33 Å². The van der Waals surface area contributed by atoms with Crippen LogP contribution in [0.25, 0.3) is 10.2 Å².